The van der Waals surface area contributed by atoms with Gasteiger partial charge in [-0.15, -0.1) is 0 Å². The Balaban J connectivity index is -0.000000180. The summed E-state index contributed by atoms with van der Waals surface area (Å²) >= 11 is 0. The summed E-state index contributed by atoms with van der Waals surface area (Å²) in [5.74, 6) is 0. The van der Waals surface area contributed by atoms with Gasteiger partial charge in [-0.05, 0) is 6.92 Å². The predicted octanol–water partition coefficient (Wildman–Crippen LogP) is 0.427. The van der Waals surface area contributed by atoms with Crippen LogP contribution in [0.3, 0.4) is 0 Å². The minimum Gasteiger partial charge on any atom is -0.341 e. The quantitative estimate of drug-likeness (QED) is 0.500. The van der Waals surface area contributed by atoms with Crippen molar-refractivity contribution >= 4 is 6.03 Å². The van der Waals surface area contributed by atoms with E-state index >= 15 is 0 Å². The van der Waals surface area contributed by atoms with Crippen molar-refractivity contribution in [3.05, 3.63) is 0 Å². The van der Waals surface area contributed by atoms with E-state index in [4.69, 9.17) is 0 Å². The van der Waals surface area contributed by atoms with E-state index in [0.717, 1.165) is 0 Å². The number of urea groups is 1. The van der Waals surface area contributed by atoms with Gasteiger partial charge in [0.25, 0.3) is 0 Å². The predicted molar refractivity (Wildman–Crippen MR) is 32.4 cm³/mol. The van der Waals surface area contributed by atoms with Crippen molar-refractivity contribution < 1.29 is 7.65 Å². The Morgan fingerprint density at radius 3 is 2.57 bits per heavy atom. The average molecular weight is 106 g/mol. The molecule has 46 valence electrons. The molecule has 0 atom stereocenters. The van der Waals surface area contributed by atoms with Crippen LogP contribution in [-0.2, 0) is 0 Å². The first kappa shape index (κ1) is 6.27. The van der Waals surface area contributed by atoms with Gasteiger partial charge in [-0.2, -0.15) is 0 Å². The van der Waals surface area contributed by atoms with Crippen LogP contribution in [0.5, 0.6) is 0 Å². The van der Waals surface area contributed by atoms with Crippen LogP contribution in [0.25, 0.3) is 0 Å². The second kappa shape index (κ2) is 3.46. The molecule has 3 nitrogen and oxygen atoms in total. The molecular formula is C4H14N2O. The summed E-state index contributed by atoms with van der Waals surface area (Å²) in [6.07, 6.45) is 0. The van der Waals surface area contributed by atoms with Crippen LogP contribution in [0.15, 0.2) is 0 Å². The molecule has 2 amide bonds. The van der Waals surface area contributed by atoms with Crippen LogP contribution < -0.4 is 10.6 Å². The van der Waals surface area contributed by atoms with Crippen molar-refractivity contribution in [1.82, 2.24) is 10.6 Å². The molecule has 7 heavy (non-hydrogen) atoms. The van der Waals surface area contributed by atoms with Crippen LogP contribution in [0.4, 0.5) is 4.79 Å². The lowest BCUT2D eigenvalue weighted by atomic mass is 10.7. The average Bonchev–Trinajstić information content (AvgIpc) is 1.68. The van der Waals surface area contributed by atoms with E-state index in [2.05, 4.69) is 10.6 Å². The summed E-state index contributed by atoms with van der Waals surface area (Å²) < 4.78 is 0. The Bertz CT molecular complexity index is 69.6. The Morgan fingerprint density at radius 1 is 1.86 bits per heavy atom. The SMILES string of the molecule is CCNC(=O)NC.[HH].[HH]. The maximum absolute atomic E-state index is 10.2. The molecule has 0 radical (unpaired) electrons. The highest BCUT2D eigenvalue weighted by atomic mass is 16.2. The van der Waals surface area contributed by atoms with E-state index in [-0.39, 0.29) is 8.88 Å². The third-order valence-corrected chi connectivity index (χ3v) is 0.564. The van der Waals surface area contributed by atoms with Crippen LogP contribution >= 0.6 is 0 Å². The molecule has 0 heterocycles. The molecule has 0 saturated heterocycles. The largest absolute Gasteiger partial charge is 0.341 e. The van der Waals surface area contributed by atoms with Crippen molar-refractivity contribution in [3.63, 3.8) is 0 Å². The lowest BCUT2D eigenvalue weighted by molar-refractivity contribution is 0.243. The number of hydrogen-bond donors (Lipinski definition) is 2. The fourth-order valence-corrected chi connectivity index (χ4v) is 0.249. The minimum absolute atomic E-state index is 0. The summed E-state index contributed by atoms with van der Waals surface area (Å²) in [4.78, 5) is 10.2. The van der Waals surface area contributed by atoms with Gasteiger partial charge in [0.2, 0.25) is 0 Å². The molecule has 2 N–H and O–H groups in total. The van der Waals surface area contributed by atoms with Crippen LogP contribution in [0.1, 0.15) is 9.78 Å². The molecule has 0 saturated carbocycles. The van der Waals surface area contributed by atoms with E-state index in [1.165, 1.54) is 0 Å². The third kappa shape index (κ3) is 3.09. The molecule has 3 heteroatoms. The van der Waals surface area contributed by atoms with Crippen molar-refractivity contribution in [1.29, 1.82) is 0 Å². The van der Waals surface area contributed by atoms with Gasteiger partial charge in [-0.25, -0.2) is 4.79 Å². The van der Waals surface area contributed by atoms with Crippen molar-refractivity contribution in [2.24, 2.45) is 0 Å². The first-order valence-corrected chi connectivity index (χ1v) is 2.26. The zero-order chi connectivity index (χ0) is 5.70. The second-order valence-electron chi connectivity index (χ2n) is 1.11. The van der Waals surface area contributed by atoms with Crippen LogP contribution in [-0.4, -0.2) is 19.6 Å². The number of carbonyl (C=O) groups excluding carboxylic acids is 1. The highest BCUT2D eigenvalue weighted by Gasteiger charge is 1.86. The summed E-state index contributed by atoms with van der Waals surface area (Å²) in [5.41, 5.74) is 0. The lowest BCUT2D eigenvalue weighted by Gasteiger charge is -1.96. The number of rotatable bonds is 1. The van der Waals surface area contributed by atoms with Crippen LogP contribution in [0.2, 0.25) is 0 Å². The molecule has 0 aromatic heterocycles. The Hall–Kier alpha value is -0.730. The Labute approximate surface area is 46.1 Å². The van der Waals surface area contributed by atoms with Gasteiger partial charge in [0.15, 0.2) is 0 Å². The summed E-state index contributed by atoms with van der Waals surface area (Å²) in [6, 6.07) is -0.123. The van der Waals surface area contributed by atoms with E-state index in [1.54, 1.807) is 7.05 Å². The normalized spacial score (nSPS) is 7.71. The summed E-state index contributed by atoms with van der Waals surface area (Å²) in [6.45, 7) is 2.55. The maximum Gasteiger partial charge on any atom is 0.314 e. The number of amides is 2. The maximum atomic E-state index is 10.2. The minimum atomic E-state index is -0.123. The molecule has 0 aliphatic carbocycles. The van der Waals surface area contributed by atoms with Gasteiger partial charge in [0.05, 0.1) is 0 Å². The van der Waals surface area contributed by atoms with Gasteiger partial charge in [-0.1, -0.05) is 0 Å². The van der Waals surface area contributed by atoms with Gasteiger partial charge in [0, 0.05) is 16.4 Å². The van der Waals surface area contributed by atoms with Crippen LogP contribution in [0, 0.1) is 0 Å². The van der Waals surface area contributed by atoms with E-state index in [0.29, 0.717) is 6.54 Å². The number of hydrogen-bond acceptors (Lipinski definition) is 1. The van der Waals surface area contributed by atoms with Crippen molar-refractivity contribution in [2.75, 3.05) is 13.6 Å². The summed E-state index contributed by atoms with van der Waals surface area (Å²) in [7, 11) is 1.59. The number of nitrogens with one attached hydrogen (secondary N) is 2. The molecule has 0 spiro atoms. The fraction of sp³-hybridized carbons (Fsp3) is 0.750. The molecule has 0 bridgehead atoms. The van der Waals surface area contributed by atoms with E-state index in [1.807, 2.05) is 6.92 Å². The van der Waals surface area contributed by atoms with Gasteiger partial charge >= 0.3 is 6.03 Å². The topological polar surface area (TPSA) is 41.1 Å². The summed E-state index contributed by atoms with van der Waals surface area (Å²) in [5, 5.41) is 4.96. The van der Waals surface area contributed by atoms with Crippen molar-refractivity contribution in [3.8, 4) is 0 Å². The van der Waals surface area contributed by atoms with E-state index in [9.17, 15) is 4.79 Å². The number of carbonyl (C=O) groups is 1. The highest BCUT2D eigenvalue weighted by Crippen LogP contribution is 1.55. The zero-order valence-corrected chi connectivity index (χ0v) is 4.62. The third-order valence-electron chi connectivity index (χ3n) is 0.564. The monoisotopic (exact) mass is 106 g/mol. The second-order valence-corrected chi connectivity index (χ2v) is 1.11. The zero-order valence-electron chi connectivity index (χ0n) is 4.62. The van der Waals surface area contributed by atoms with Gasteiger partial charge < -0.3 is 10.6 Å². The first-order chi connectivity index (χ1) is 3.31. The molecular weight excluding hydrogens is 92.1 g/mol. The molecule has 0 aliphatic rings. The molecule has 0 fully saturated rings. The fourth-order valence-electron chi connectivity index (χ4n) is 0.249. The molecule has 0 unspecified atom stereocenters. The molecule has 0 aromatic carbocycles. The van der Waals surface area contributed by atoms with E-state index < -0.39 is 0 Å². The molecule has 0 rings (SSSR count). The highest BCUT2D eigenvalue weighted by molar-refractivity contribution is 5.73. The van der Waals surface area contributed by atoms with Crippen molar-refractivity contribution in [2.45, 2.75) is 6.92 Å². The molecule has 0 aliphatic heterocycles. The Kier molecular flexibility index (Phi) is 3.10. The molecule has 0 aromatic rings. The standard InChI is InChI=1S/C4H10N2O.2H2/c1-3-6-4(7)5-2;;/h3H2,1-2H3,(H2,5,6,7);2*1H. The van der Waals surface area contributed by atoms with Gasteiger partial charge in [0.1, 0.15) is 0 Å². The smallest absolute Gasteiger partial charge is 0.314 e. The first-order valence-electron chi connectivity index (χ1n) is 2.26. The Morgan fingerprint density at radius 2 is 2.43 bits per heavy atom. The van der Waals surface area contributed by atoms with Gasteiger partial charge in [-0.3, -0.25) is 0 Å². The lowest BCUT2D eigenvalue weighted by Crippen LogP contribution is -2.32.